The maximum atomic E-state index is 6.00. The van der Waals surface area contributed by atoms with Crippen LogP contribution in [0, 0.1) is 5.92 Å². The summed E-state index contributed by atoms with van der Waals surface area (Å²) in [5.74, 6) is 2.72. The number of nitrogens with zero attached hydrogens (tertiary/aromatic N) is 1. The quantitative estimate of drug-likeness (QED) is 0.434. The number of fused-ring (bicyclic) bond motifs is 1. The summed E-state index contributed by atoms with van der Waals surface area (Å²) >= 11 is 0. The predicted octanol–water partition coefficient (Wildman–Crippen LogP) is 3.77. The number of nitrogens with one attached hydrogen (secondary N) is 1. The van der Waals surface area contributed by atoms with E-state index in [-0.39, 0.29) is 24.0 Å². The monoisotopic (exact) mass is 431 g/mol. The van der Waals surface area contributed by atoms with Gasteiger partial charge in [-0.1, -0.05) is 19.3 Å². The number of benzene rings is 1. The van der Waals surface area contributed by atoms with Crippen LogP contribution in [0.1, 0.15) is 38.5 Å². The fraction of sp³-hybridized carbons (Fsp3) is 0.588. The minimum atomic E-state index is 0. The first-order valence-corrected chi connectivity index (χ1v) is 8.28. The normalized spacial score (nSPS) is 18.7. The Kier molecular flexibility index (Phi) is 7.26. The number of anilines is 1. The molecule has 6 heteroatoms. The van der Waals surface area contributed by atoms with E-state index in [2.05, 4.69) is 10.3 Å². The van der Waals surface area contributed by atoms with Gasteiger partial charge in [-0.25, -0.2) is 0 Å². The lowest BCUT2D eigenvalue weighted by Gasteiger charge is -2.19. The van der Waals surface area contributed by atoms with Crippen LogP contribution in [0.2, 0.25) is 0 Å². The average Bonchev–Trinajstić information content (AvgIpc) is 2.79. The third kappa shape index (κ3) is 5.44. The second kappa shape index (κ2) is 9.20. The lowest BCUT2D eigenvalue weighted by atomic mass is 9.89. The standard InChI is InChI=1S/C17H25N3O2.HI/c18-17(19-12-13-5-2-1-3-6-13)20-14-7-8-15-16(11-14)22-10-4-9-21-15;/h7-8,11,13H,1-6,9-10,12H2,(H3,18,19,20);1H. The van der Waals surface area contributed by atoms with Crippen LogP contribution < -0.4 is 20.5 Å². The van der Waals surface area contributed by atoms with Crippen molar-refractivity contribution >= 4 is 35.6 Å². The molecule has 128 valence electrons. The molecule has 1 aromatic rings. The molecule has 0 bridgehead atoms. The summed E-state index contributed by atoms with van der Waals surface area (Å²) in [6, 6.07) is 5.78. The maximum Gasteiger partial charge on any atom is 0.193 e. The van der Waals surface area contributed by atoms with Crippen molar-refractivity contribution in [1.29, 1.82) is 0 Å². The fourth-order valence-electron chi connectivity index (χ4n) is 3.03. The van der Waals surface area contributed by atoms with Crippen molar-refractivity contribution in [2.45, 2.75) is 38.5 Å². The Balaban J connectivity index is 0.00000192. The average molecular weight is 431 g/mol. The van der Waals surface area contributed by atoms with E-state index in [1.165, 1.54) is 32.1 Å². The highest BCUT2D eigenvalue weighted by Gasteiger charge is 2.13. The van der Waals surface area contributed by atoms with Crippen molar-refractivity contribution in [2.75, 3.05) is 25.1 Å². The van der Waals surface area contributed by atoms with Crippen LogP contribution in [0.4, 0.5) is 5.69 Å². The lowest BCUT2D eigenvalue weighted by Crippen LogP contribution is -2.24. The van der Waals surface area contributed by atoms with Crippen molar-refractivity contribution in [2.24, 2.45) is 16.6 Å². The zero-order chi connectivity index (χ0) is 15.2. The van der Waals surface area contributed by atoms with Gasteiger partial charge < -0.3 is 20.5 Å². The molecule has 0 unspecified atom stereocenters. The van der Waals surface area contributed by atoms with Crippen LogP contribution >= 0.6 is 24.0 Å². The molecular weight excluding hydrogens is 405 g/mol. The highest BCUT2D eigenvalue weighted by molar-refractivity contribution is 14.0. The number of aliphatic imine (C=N–C) groups is 1. The van der Waals surface area contributed by atoms with Crippen molar-refractivity contribution in [1.82, 2.24) is 0 Å². The number of nitrogens with two attached hydrogens (primary N) is 1. The van der Waals surface area contributed by atoms with Gasteiger partial charge in [-0.3, -0.25) is 4.99 Å². The highest BCUT2D eigenvalue weighted by Crippen LogP contribution is 2.32. The third-order valence-corrected chi connectivity index (χ3v) is 4.26. The largest absolute Gasteiger partial charge is 0.490 e. The molecule has 3 rings (SSSR count). The first kappa shape index (κ1) is 18.2. The Morgan fingerprint density at radius 2 is 1.83 bits per heavy atom. The molecule has 1 saturated carbocycles. The molecule has 2 aliphatic rings. The number of halogens is 1. The summed E-state index contributed by atoms with van der Waals surface area (Å²) in [5, 5.41) is 3.14. The van der Waals surface area contributed by atoms with Gasteiger partial charge in [0.2, 0.25) is 0 Å². The van der Waals surface area contributed by atoms with E-state index in [4.69, 9.17) is 15.2 Å². The molecule has 23 heavy (non-hydrogen) atoms. The number of hydrogen-bond donors (Lipinski definition) is 2. The van der Waals surface area contributed by atoms with Gasteiger partial charge in [-0.05, 0) is 30.9 Å². The molecule has 1 aliphatic carbocycles. The fourth-order valence-corrected chi connectivity index (χ4v) is 3.03. The lowest BCUT2D eigenvalue weighted by molar-refractivity contribution is 0.297. The number of guanidine groups is 1. The predicted molar refractivity (Wildman–Crippen MR) is 104 cm³/mol. The van der Waals surface area contributed by atoms with Gasteiger partial charge in [0.05, 0.1) is 13.2 Å². The minimum Gasteiger partial charge on any atom is -0.490 e. The zero-order valence-corrected chi connectivity index (χ0v) is 15.8. The van der Waals surface area contributed by atoms with Crippen molar-refractivity contribution < 1.29 is 9.47 Å². The SMILES string of the molecule is I.NC(=NCC1CCCCC1)Nc1ccc2c(c1)OCCCO2. The third-order valence-electron chi connectivity index (χ3n) is 4.26. The molecule has 1 aromatic carbocycles. The van der Waals surface area contributed by atoms with Crippen LogP contribution in [0.15, 0.2) is 23.2 Å². The van der Waals surface area contributed by atoms with Crippen LogP contribution in [-0.2, 0) is 0 Å². The second-order valence-corrected chi connectivity index (χ2v) is 6.07. The van der Waals surface area contributed by atoms with Gasteiger partial charge >= 0.3 is 0 Å². The molecule has 1 heterocycles. The summed E-state index contributed by atoms with van der Waals surface area (Å²) in [6.07, 6.45) is 7.49. The van der Waals surface area contributed by atoms with E-state index in [1.54, 1.807) is 0 Å². The van der Waals surface area contributed by atoms with Gasteiger partial charge in [-0.2, -0.15) is 0 Å². The van der Waals surface area contributed by atoms with Crippen LogP contribution in [-0.4, -0.2) is 25.7 Å². The summed E-state index contributed by atoms with van der Waals surface area (Å²) in [5.41, 5.74) is 6.88. The molecule has 3 N–H and O–H groups in total. The highest BCUT2D eigenvalue weighted by atomic mass is 127. The molecule has 0 aromatic heterocycles. The van der Waals surface area contributed by atoms with E-state index in [0.717, 1.165) is 30.2 Å². The minimum absolute atomic E-state index is 0. The Morgan fingerprint density at radius 3 is 2.61 bits per heavy atom. The first-order valence-electron chi connectivity index (χ1n) is 8.28. The topological polar surface area (TPSA) is 68.9 Å². The van der Waals surface area contributed by atoms with Crippen molar-refractivity contribution in [3.05, 3.63) is 18.2 Å². The Hall–Kier alpha value is -1.18. The van der Waals surface area contributed by atoms with Crippen LogP contribution in [0.5, 0.6) is 11.5 Å². The van der Waals surface area contributed by atoms with E-state index in [9.17, 15) is 0 Å². The maximum absolute atomic E-state index is 6.00. The molecule has 0 atom stereocenters. The van der Waals surface area contributed by atoms with Gasteiger partial charge in [0.1, 0.15) is 0 Å². The molecule has 5 nitrogen and oxygen atoms in total. The summed E-state index contributed by atoms with van der Waals surface area (Å²) in [6.45, 7) is 2.20. The summed E-state index contributed by atoms with van der Waals surface area (Å²) in [4.78, 5) is 4.48. The molecule has 0 amide bonds. The van der Waals surface area contributed by atoms with Gasteiger partial charge in [0.15, 0.2) is 17.5 Å². The van der Waals surface area contributed by atoms with Crippen LogP contribution in [0.25, 0.3) is 0 Å². The van der Waals surface area contributed by atoms with E-state index in [0.29, 0.717) is 25.1 Å². The van der Waals surface area contributed by atoms with E-state index < -0.39 is 0 Å². The smallest absolute Gasteiger partial charge is 0.193 e. The number of hydrogen-bond acceptors (Lipinski definition) is 3. The Bertz CT molecular complexity index is 531. The van der Waals surface area contributed by atoms with Crippen LogP contribution in [0.3, 0.4) is 0 Å². The number of rotatable bonds is 3. The molecule has 0 spiro atoms. The first-order chi connectivity index (χ1) is 10.8. The number of ether oxygens (including phenoxy) is 2. The molecule has 1 aliphatic heterocycles. The van der Waals surface area contributed by atoms with E-state index >= 15 is 0 Å². The molecule has 1 fully saturated rings. The Labute approximate surface area is 155 Å². The van der Waals surface area contributed by atoms with Gasteiger partial charge in [0.25, 0.3) is 0 Å². The van der Waals surface area contributed by atoms with Crippen molar-refractivity contribution in [3.63, 3.8) is 0 Å². The van der Waals surface area contributed by atoms with E-state index in [1.807, 2.05) is 18.2 Å². The summed E-state index contributed by atoms with van der Waals surface area (Å²) in [7, 11) is 0. The second-order valence-electron chi connectivity index (χ2n) is 6.07. The van der Waals surface area contributed by atoms with Gasteiger partial charge in [-0.15, -0.1) is 24.0 Å². The summed E-state index contributed by atoms with van der Waals surface area (Å²) < 4.78 is 11.3. The van der Waals surface area contributed by atoms with Gasteiger partial charge in [0, 0.05) is 24.7 Å². The Morgan fingerprint density at radius 1 is 1.09 bits per heavy atom. The van der Waals surface area contributed by atoms with Crippen molar-refractivity contribution in [3.8, 4) is 11.5 Å². The molecule has 0 saturated heterocycles. The zero-order valence-electron chi connectivity index (χ0n) is 13.4. The molecule has 0 radical (unpaired) electrons. The molecular formula is C17H26IN3O2.